The van der Waals surface area contributed by atoms with Gasteiger partial charge in [-0.3, -0.25) is 4.79 Å². The molecule has 0 aromatic rings. The quantitative estimate of drug-likeness (QED) is 0.589. The molecule has 2 aliphatic rings. The number of ether oxygens (including phenoxy) is 1. The smallest absolute Gasteiger partial charge is 0.466 e. The van der Waals surface area contributed by atoms with Gasteiger partial charge in [0.15, 0.2) is 0 Å². The maximum Gasteiger partial charge on any atom is 0.490 e. The predicted octanol–water partition coefficient (Wildman–Crippen LogP) is 2.91. The Morgan fingerprint density at radius 1 is 1.35 bits per heavy atom. The van der Waals surface area contributed by atoms with Gasteiger partial charge in [0.1, 0.15) is 0 Å². The molecule has 0 aromatic carbocycles. The van der Waals surface area contributed by atoms with Crippen molar-refractivity contribution >= 4 is 13.1 Å². The molecule has 1 saturated heterocycles. The van der Waals surface area contributed by atoms with E-state index < -0.39 is 0 Å². The van der Waals surface area contributed by atoms with Crippen LogP contribution in [0.2, 0.25) is 0 Å². The average Bonchev–Trinajstić information content (AvgIpc) is 2.59. The van der Waals surface area contributed by atoms with E-state index in [2.05, 4.69) is 33.8 Å². The molecule has 1 aliphatic carbocycles. The minimum atomic E-state index is -0.309. The van der Waals surface area contributed by atoms with E-state index in [1.54, 1.807) is 0 Å². The Kier molecular flexibility index (Phi) is 4.31. The highest BCUT2D eigenvalue weighted by Crippen LogP contribution is 2.40. The lowest BCUT2D eigenvalue weighted by molar-refractivity contribution is -0.148. The van der Waals surface area contributed by atoms with E-state index in [-0.39, 0.29) is 30.2 Å². The van der Waals surface area contributed by atoms with E-state index in [1.165, 1.54) is 0 Å². The molecule has 1 atom stereocenters. The highest BCUT2D eigenvalue weighted by atomic mass is 16.7. The summed E-state index contributed by atoms with van der Waals surface area (Å²) in [5, 5.41) is 0. The zero-order valence-corrected chi connectivity index (χ0v) is 13.2. The van der Waals surface area contributed by atoms with Crippen molar-refractivity contribution in [1.82, 2.24) is 0 Å². The van der Waals surface area contributed by atoms with Gasteiger partial charge < -0.3 is 14.0 Å². The molecule has 0 radical (unpaired) electrons. The first-order chi connectivity index (χ1) is 9.27. The number of allylic oxidation sites excluding steroid dienone is 2. The summed E-state index contributed by atoms with van der Waals surface area (Å²) in [6, 6.07) is 0. The molecule has 1 fully saturated rings. The molecule has 1 aliphatic heterocycles. The molecule has 4 nitrogen and oxygen atoms in total. The minimum absolute atomic E-state index is 0.0128. The summed E-state index contributed by atoms with van der Waals surface area (Å²) in [6.07, 6.45) is 4.46. The molecular weight excluding hydrogens is 255 g/mol. The summed E-state index contributed by atoms with van der Waals surface area (Å²) in [5.41, 5.74) is 0.539. The topological polar surface area (TPSA) is 44.8 Å². The Labute approximate surface area is 122 Å². The molecule has 0 spiro atoms. The standard InChI is InChI=1S/C15H25BO4/c1-6-18-13(17)11-7-9-12(10-8-11)16-19-14(2,3)15(4,5)20-16/h9,11H,6-8,10H2,1-5H3/t11-/m1/s1. The highest BCUT2D eigenvalue weighted by Gasteiger charge is 2.52. The number of hydrogen-bond donors (Lipinski definition) is 0. The molecule has 1 heterocycles. The van der Waals surface area contributed by atoms with Crippen LogP contribution in [0.1, 0.15) is 53.9 Å². The Morgan fingerprint density at radius 3 is 2.40 bits per heavy atom. The Hall–Kier alpha value is -0.805. The van der Waals surface area contributed by atoms with Crippen molar-refractivity contribution in [3.8, 4) is 0 Å². The van der Waals surface area contributed by atoms with E-state index in [9.17, 15) is 4.79 Å². The third kappa shape index (κ3) is 2.94. The molecule has 5 heteroatoms. The summed E-state index contributed by atoms with van der Waals surface area (Å²) < 4.78 is 17.2. The molecule has 0 N–H and O–H groups in total. The van der Waals surface area contributed by atoms with Gasteiger partial charge in [0.25, 0.3) is 0 Å². The van der Waals surface area contributed by atoms with Gasteiger partial charge in [0.05, 0.1) is 23.7 Å². The van der Waals surface area contributed by atoms with Crippen molar-refractivity contribution in [2.24, 2.45) is 5.92 Å². The monoisotopic (exact) mass is 280 g/mol. The van der Waals surface area contributed by atoms with Crippen LogP contribution in [0.3, 0.4) is 0 Å². The van der Waals surface area contributed by atoms with Crippen LogP contribution in [0.25, 0.3) is 0 Å². The van der Waals surface area contributed by atoms with Crippen LogP contribution in [0.4, 0.5) is 0 Å². The van der Waals surface area contributed by atoms with Crippen LogP contribution in [-0.4, -0.2) is 30.9 Å². The lowest BCUT2D eigenvalue weighted by Crippen LogP contribution is -2.41. The van der Waals surface area contributed by atoms with Gasteiger partial charge in [-0.05, 0) is 59.4 Å². The van der Waals surface area contributed by atoms with Crippen LogP contribution in [0, 0.1) is 5.92 Å². The fourth-order valence-electron chi connectivity index (χ4n) is 2.54. The van der Waals surface area contributed by atoms with Crippen molar-refractivity contribution in [1.29, 1.82) is 0 Å². The lowest BCUT2D eigenvalue weighted by atomic mass is 9.70. The third-order valence-corrected chi connectivity index (χ3v) is 4.62. The van der Waals surface area contributed by atoms with Crippen molar-refractivity contribution in [2.75, 3.05) is 6.61 Å². The van der Waals surface area contributed by atoms with E-state index in [4.69, 9.17) is 14.0 Å². The zero-order chi connectivity index (χ0) is 15.0. The van der Waals surface area contributed by atoms with Crippen molar-refractivity contribution in [2.45, 2.75) is 65.1 Å². The van der Waals surface area contributed by atoms with Gasteiger partial charge in [-0.1, -0.05) is 6.08 Å². The first-order valence-corrected chi connectivity index (χ1v) is 7.48. The zero-order valence-electron chi connectivity index (χ0n) is 13.2. The maximum atomic E-state index is 11.7. The molecule has 0 amide bonds. The number of carbonyl (C=O) groups is 1. The number of esters is 1. The summed E-state index contributed by atoms with van der Waals surface area (Å²) in [7, 11) is -0.275. The Morgan fingerprint density at radius 2 is 1.95 bits per heavy atom. The van der Waals surface area contributed by atoms with Crippen LogP contribution in [-0.2, 0) is 18.8 Å². The molecule has 20 heavy (non-hydrogen) atoms. The first kappa shape index (κ1) is 15.6. The predicted molar refractivity (Wildman–Crippen MR) is 78.1 cm³/mol. The number of hydrogen-bond acceptors (Lipinski definition) is 4. The highest BCUT2D eigenvalue weighted by molar-refractivity contribution is 6.54. The van der Waals surface area contributed by atoms with Crippen LogP contribution in [0.15, 0.2) is 11.5 Å². The van der Waals surface area contributed by atoms with E-state index in [0.717, 1.165) is 24.7 Å². The molecular formula is C15H25BO4. The molecule has 112 valence electrons. The van der Waals surface area contributed by atoms with Gasteiger partial charge in [-0.2, -0.15) is 0 Å². The SMILES string of the molecule is CCOC(=O)[C@@H]1CC=C(B2OC(C)(C)C(C)(C)O2)CC1. The van der Waals surface area contributed by atoms with Crippen LogP contribution in [0.5, 0.6) is 0 Å². The summed E-state index contributed by atoms with van der Waals surface area (Å²) in [5.74, 6) is -0.0992. The lowest BCUT2D eigenvalue weighted by Gasteiger charge is -2.32. The number of rotatable bonds is 3. The second-order valence-electron chi connectivity index (χ2n) is 6.59. The Balaban J connectivity index is 1.98. The second kappa shape index (κ2) is 5.53. The molecule has 0 bridgehead atoms. The minimum Gasteiger partial charge on any atom is -0.466 e. The molecule has 0 unspecified atom stereocenters. The van der Waals surface area contributed by atoms with E-state index in [0.29, 0.717) is 6.61 Å². The van der Waals surface area contributed by atoms with Crippen molar-refractivity contribution in [3.05, 3.63) is 11.5 Å². The average molecular weight is 280 g/mol. The van der Waals surface area contributed by atoms with Gasteiger partial charge in [-0.15, -0.1) is 0 Å². The summed E-state index contributed by atoms with van der Waals surface area (Å²) >= 11 is 0. The van der Waals surface area contributed by atoms with Crippen molar-refractivity contribution in [3.63, 3.8) is 0 Å². The van der Waals surface area contributed by atoms with Gasteiger partial charge in [-0.25, -0.2) is 0 Å². The normalized spacial score (nSPS) is 28.1. The van der Waals surface area contributed by atoms with Gasteiger partial charge >= 0.3 is 13.1 Å². The maximum absolute atomic E-state index is 11.7. The molecule has 0 saturated carbocycles. The van der Waals surface area contributed by atoms with E-state index in [1.807, 2.05) is 6.92 Å². The second-order valence-corrected chi connectivity index (χ2v) is 6.59. The van der Waals surface area contributed by atoms with Crippen LogP contribution < -0.4 is 0 Å². The largest absolute Gasteiger partial charge is 0.490 e. The summed E-state index contributed by atoms with van der Waals surface area (Å²) in [4.78, 5) is 11.7. The van der Waals surface area contributed by atoms with E-state index >= 15 is 0 Å². The van der Waals surface area contributed by atoms with Crippen molar-refractivity contribution < 1.29 is 18.8 Å². The fourth-order valence-corrected chi connectivity index (χ4v) is 2.54. The molecule has 0 aromatic heterocycles. The fraction of sp³-hybridized carbons (Fsp3) is 0.800. The Bertz CT molecular complexity index is 398. The van der Waals surface area contributed by atoms with Crippen LogP contribution >= 0.6 is 0 Å². The summed E-state index contributed by atoms with van der Waals surface area (Å²) in [6.45, 7) is 10.5. The molecule has 2 rings (SSSR count). The number of carbonyl (C=O) groups excluding carboxylic acids is 1. The first-order valence-electron chi connectivity index (χ1n) is 7.48. The third-order valence-electron chi connectivity index (χ3n) is 4.62. The van der Waals surface area contributed by atoms with Gasteiger partial charge in [0.2, 0.25) is 0 Å². The van der Waals surface area contributed by atoms with Gasteiger partial charge in [0, 0.05) is 0 Å².